The maximum atomic E-state index is 11.9. The second kappa shape index (κ2) is 7.59. The van der Waals surface area contributed by atoms with Crippen molar-refractivity contribution in [3.05, 3.63) is 29.3 Å². The zero-order chi connectivity index (χ0) is 14.4. The lowest BCUT2D eigenvalue weighted by atomic mass is 10.3. The average Bonchev–Trinajstić information content (AvgIpc) is 2.41. The number of piperazine rings is 1. The minimum Gasteiger partial charge on any atom is -0.395 e. The van der Waals surface area contributed by atoms with Crippen molar-refractivity contribution in [2.24, 2.45) is 0 Å². The number of carbonyl (C=O) groups excluding carboxylic acids is 1. The van der Waals surface area contributed by atoms with E-state index in [2.05, 4.69) is 15.1 Å². The Bertz CT molecular complexity index is 448. The fourth-order valence-electron chi connectivity index (χ4n) is 2.28. The summed E-state index contributed by atoms with van der Waals surface area (Å²) >= 11 is 5.88. The van der Waals surface area contributed by atoms with E-state index in [0.717, 1.165) is 31.9 Å². The number of amides is 1. The van der Waals surface area contributed by atoms with Crippen LogP contribution in [0.3, 0.4) is 0 Å². The highest BCUT2D eigenvalue weighted by atomic mass is 35.5. The third-order valence-electron chi connectivity index (χ3n) is 3.36. The molecule has 1 aliphatic heterocycles. The highest BCUT2D eigenvalue weighted by Crippen LogP contribution is 2.14. The van der Waals surface area contributed by atoms with Crippen LogP contribution in [0.5, 0.6) is 0 Å². The molecule has 1 aliphatic rings. The van der Waals surface area contributed by atoms with Crippen LogP contribution in [0.15, 0.2) is 24.3 Å². The molecular weight excluding hydrogens is 278 g/mol. The summed E-state index contributed by atoms with van der Waals surface area (Å²) in [6.45, 7) is 4.78. The monoisotopic (exact) mass is 297 g/mol. The number of nitrogens with one attached hydrogen (secondary N) is 1. The van der Waals surface area contributed by atoms with E-state index in [1.54, 1.807) is 12.1 Å². The number of rotatable bonds is 5. The second-order valence-corrected chi connectivity index (χ2v) is 5.34. The van der Waals surface area contributed by atoms with Gasteiger partial charge in [0.25, 0.3) is 0 Å². The standard InChI is InChI=1S/C14H20ClN3O2/c15-12-2-1-3-13(10-12)16-14(20)11-18-6-4-17(5-7-18)8-9-19/h1-3,10,19H,4-9,11H2,(H,16,20). The summed E-state index contributed by atoms with van der Waals surface area (Å²) in [6.07, 6.45) is 0. The van der Waals surface area contributed by atoms with Crippen LogP contribution in [0, 0.1) is 0 Å². The minimum atomic E-state index is -0.0251. The van der Waals surface area contributed by atoms with Crippen molar-refractivity contribution in [2.75, 3.05) is 51.2 Å². The number of β-amino-alcohol motifs (C(OH)–C–C–N with tert-alkyl or cyclic N) is 1. The number of anilines is 1. The number of nitrogens with zero attached hydrogens (tertiary/aromatic N) is 2. The van der Waals surface area contributed by atoms with Gasteiger partial charge < -0.3 is 10.4 Å². The fraction of sp³-hybridized carbons (Fsp3) is 0.500. The first-order valence-electron chi connectivity index (χ1n) is 6.78. The number of hydrogen-bond donors (Lipinski definition) is 2. The third kappa shape index (κ3) is 4.76. The highest BCUT2D eigenvalue weighted by molar-refractivity contribution is 6.30. The maximum absolute atomic E-state index is 11.9. The molecule has 1 aromatic rings. The van der Waals surface area contributed by atoms with Crippen LogP contribution in [-0.2, 0) is 4.79 Å². The van der Waals surface area contributed by atoms with Crippen molar-refractivity contribution in [2.45, 2.75) is 0 Å². The summed E-state index contributed by atoms with van der Waals surface area (Å²) in [6, 6.07) is 7.14. The molecule has 2 N–H and O–H groups in total. The molecule has 1 amide bonds. The molecule has 110 valence electrons. The Kier molecular flexibility index (Phi) is 5.79. The first-order chi connectivity index (χ1) is 9.67. The largest absolute Gasteiger partial charge is 0.395 e. The van der Waals surface area contributed by atoms with Gasteiger partial charge in [0.1, 0.15) is 0 Å². The lowest BCUT2D eigenvalue weighted by molar-refractivity contribution is -0.117. The van der Waals surface area contributed by atoms with Crippen LogP contribution in [0.4, 0.5) is 5.69 Å². The number of carbonyl (C=O) groups is 1. The van der Waals surface area contributed by atoms with Crippen LogP contribution < -0.4 is 5.32 Å². The molecule has 1 saturated heterocycles. The molecule has 0 radical (unpaired) electrons. The van der Waals surface area contributed by atoms with E-state index in [4.69, 9.17) is 16.7 Å². The Morgan fingerprint density at radius 2 is 1.95 bits per heavy atom. The first-order valence-corrected chi connectivity index (χ1v) is 7.16. The lowest BCUT2D eigenvalue weighted by Crippen LogP contribution is -2.49. The molecule has 1 aromatic carbocycles. The van der Waals surface area contributed by atoms with Crippen molar-refractivity contribution < 1.29 is 9.90 Å². The van der Waals surface area contributed by atoms with Crippen molar-refractivity contribution in [3.8, 4) is 0 Å². The van der Waals surface area contributed by atoms with Gasteiger partial charge in [-0.05, 0) is 18.2 Å². The topological polar surface area (TPSA) is 55.8 Å². The van der Waals surface area contributed by atoms with Gasteiger partial charge in [0, 0.05) is 43.4 Å². The molecule has 0 spiro atoms. The Balaban J connectivity index is 1.75. The summed E-state index contributed by atoms with van der Waals surface area (Å²) < 4.78 is 0. The Labute approximate surface area is 124 Å². The van der Waals surface area contributed by atoms with Gasteiger partial charge in [-0.15, -0.1) is 0 Å². The number of hydrogen-bond acceptors (Lipinski definition) is 4. The number of aliphatic hydroxyl groups excluding tert-OH is 1. The number of halogens is 1. The van der Waals surface area contributed by atoms with Crippen LogP contribution >= 0.6 is 11.6 Å². The summed E-state index contributed by atoms with van der Waals surface area (Å²) in [7, 11) is 0. The summed E-state index contributed by atoms with van der Waals surface area (Å²) in [5.41, 5.74) is 0.724. The molecule has 0 bridgehead atoms. The van der Waals surface area contributed by atoms with Crippen LogP contribution in [0.1, 0.15) is 0 Å². The van der Waals surface area contributed by atoms with Gasteiger partial charge in [-0.1, -0.05) is 17.7 Å². The van der Waals surface area contributed by atoms with Crippen molar-refractivity contribution in [3.63, 3.8) is 0 Å². The highest BCUT2D eigenvalue weighted by Gasteiger charge is 2.18. The van der Waals surface area contributed by atoms with Crippen molar-refractivity contribution in [1.29, 1.82) is 0 Å². The molecule has 6 heteroatoms. The zero-order valence-corrected chi connectivity index (χ0v) is 12.1. The van der Waals surface area contributed by atoms with Gasteiger partial charge in [0.15, 0.2) is 0 Å². The van der Waals surface area contributed by atoms with Crippen molar-refractivity contribution in [1.82, 2.24) is 9.80 Å². The van der Waals surface area contributed by atoms with E-state index in [1.807, 2.05) is 12.1 Å². The van der Waals surface area contributed by atoms with E-state index >= 15 is 0 Å². The Morgan fingerprint density at radius 3 is 2.60 bits per heavy atom. The molecule has 0 atom stereocenters. The van der Waals surface area contributed by atoms with Gasteiger partial charge in [-0.25, -0.2) is 0 Å². The van der Waals surface area contributed by atoms with Crippen LogP contribution in [0.25, 0.3) is 0 Å². The molecule has 1 heterocycles. The first kappa shape index (κ1) is 15.3. The normalized spacial score (nSPS) is 17.1. The van der Waals surface area contributed by atoms with E-state index in [-0.39, 0.29) is 12.5 Å². The van der Waals surface area contributed by atoms with E-state index in [9.17, 15) is 4.79 Å². The van der Waals surface area contributed by atoms with Crippen LogP contribution in [-0.4, -0.2) is 66.7 Å². The molecular formula is C14H20ClN3O2. The van der Waals surface area contributed by atoms with Gasteiger partial charge >= 0.3 is 0 Å². The summed E-state index contributed by atoms with van der Waals surface area (Å²) in [5.74, 6) is -0.0251. The van der Waals surface area contributed by atoms with E-state index < -0.39 is 0 Å². The fourth-order valence-corrected chi connectivity index (χ4v) is 2.47. The summed E-state index contributed by atoms with van der Waals surface area (Å²) in [4.78, 5) is 16.3. The maximum Gasteiger partial charge on any atom is 0.238 e. The van der Waals surface area contributed by atoms with E-state index in [0.29, 0.717) is 18.1 Å². The smallest absolute Gasteiger partial charge is 0.238 e. The molecule has 0 aromatic heterocycles. The molecule has 5 nitrogen and oxygen atoms in total. The predicted molar refractivity (Wildman–Crippen MR) is 80.0 cm³/mol. The lowest BCUT2D eigenvalue weighted by Gasteiger charge is -2.33. The number of benzene rings is 1. The average molecular weight is 298 g/mol. The van der Waals surface area contributed by atoms with Gasteiger partial charge in [0.2, 0.25) is 5.91 Å². The quantitative estimate of drug-likeness (QED) is 0.847. The Hall–Kier alpha value is -1.14. The summed E-state index contributed by atoms with van der Waals surface area (Å²) in [5, 5.41) is 12.3. The molecule has 0 saturated carbocycles. The molecule has 0 unspecified atom stereocenters. The second-order valence-electron chi connectivity index (χ2n) is 4.90. The molecule has 2 rings (SSSR count). The van der Waals surface area contributed by atoms with Gasteiger partial charge in [-0.3, -0.25) is 14.6 Å². The van der Waals surface area contributed by atoms with Gasteiger partial charge in [0.05, 0.1) is 13.2 Å². The SMILES string of the molecule is O=C(CN1CCN(CCO)CC1)Nc1cccc(Cl)c1. The Morgan fingerprint density at radius 1 is 1.25 bits per heavy atom. The van der Waals surface area contributed by atoms with E-state index in [1.165, 1.54) is 0 Å². The predicted octanol–water partition coefficient (Wildman–Crippen LogP) is 0.888. The minimum absolute atomic E-state index is 0.0251. The molecule has 0 aliphatic carbocycles. The van der Waals surface area contributed by atoms with Gasteiger partial charge in [-0.2, -0.15) is 0 Å². The molecule has 20 heavy (non-hydrogen) atoms. The number of aliphatic hydroxyl groups is 1. The van der Waals surface area contributed by atoms with Crippen molar-refractivity contribution >= 4 is 23.2 Å². The zero-order valence-electron chi connectivity index (χ0n) is 11.4. The van der Waals surface area contributed by atoms with Crippen LogP contribution in [0.2, 0.25) is 5.02 Å². The molecule has 1 fully saturated rings. The third-order valence-corrected chi connectivity index (χ3v) is 3.59.